The quantitative estimate of drug-likeness (QED) is 0.748. The van der Waals surface area contributed by atoms with E-state index in [0.29, 0.717) is 12.2 Å². The minimum atomic E-state index is -0.242. The zero-order valence-corrected chi connectivity index (χ0v) is 9.06. The molecule has 0 radical (unpaired) electrons. The molecule has 2 rings (SSSR count). The Balaban J connectivity index is 1.96. The summed E-state index contributed by atoms with van der Waals surface area (Å²) in [6.07, 6.45) is 3.25. The van der Waals surface area contributed by atoms with Gasteiger partial charge in [-0.1, -0.05) is 5.21 Å². The Morgan fingerprint density at radius 1 is 1.62 bits per heavy atom. The molecule has 0 fully saturated rings. The van der Waals surface area contributed by atoms with Crippen LogP contribution in [-0.4, -0.2) is 31.1 Å². The maximum atomic E-state index is 11.6. The Bertz CT molecular complexity index is 500. The fourth-order valence-electron chi connectivity index (χ4n) is 1.27. The molecule has 0 aliphatic carbocycles. The van der Waals surface area contributed by atoms with Crippen molar-refractivity contribution in [3.8, 4) is 0 Å². The molecule has 0 aliphatic heterocycles. The van der Waals surface area contributed by atoms with Crippen LogP contribution in [0.1, 0.15) is 21.7 Å². The number of hydrogen-bond acceptors (Lipinski definition) is 4. The molecule has 0 bridgehead atoms. The number of carbonyl (C=O) groups is 1. The third-order valence-corrected chi connectivity index (χ3v) is 2.21. The molecule has 2 heterocycles. The molecule has 2 aromatic rings. The van der Waals surface area contributed by atoms with Crippen molar-refractivity contribution in [2.75, 3.05) is 0 Å². The lowest BCUT2D eigenvalue weighted by molar-refractivity contribution is 0.0946. The van der Waals surface area contributed by atoms with E-state index in [2.05, 4.69) is 25.8 Å². The number of amides is 1. The van der Waals surface area contributed by atoms with Gasteiger partial charge in [0.2, 0.25) is 0 Å². The second-order valence-electron chi connectivity index (χ2n) is 3.48. The summed E-state index contributed by atoms with van der Waals surface area (Å²) in [5, 5.41) is 16.8. The molecule has 0 aliphatic rings. The first-order valence-electron chi connectivity index (χ1n) is 4.80. The Morgan fingerprint density at radius 2 is 2.44 bits per heavy atom. The molecule has 0 unspecified atom stereocenters. The summed E-state index contributed by atoms with van der Waals surface area (Å²) >= 11 is 0. The Kier molecular flexibility index (Phi) is 2.67. The first-order valence-corrected chi connectivity index (χ1v) is 4.80. The molecule has 2 N–H and O–H groups in total. The van der Waals surface area contributed by atoms with Crippen LogP contribution >= 0.6 is 0 Å². The topological polar surface area (TPSA) is 88.5 Å². The van der Waals surface area contributed by atoms with Gasteiger partial charge in [-0.15, -0.1) is 5.10 Å². The van der Waals surface area contributed by atoms with Gasteiger partial charge in [0, 0.05) is 24.8 Å². The maximum absolute atomic E-state index is 11.6. The molecular weight excluding hydrogens is 208 g/mol. The van der Waals surface area contributed by atoms with E-state index in [0.717, 1.165) is 11.3 Å². The van der Waals surface area contributed by atoms with Crippen molar-refractivity contribution in [2.24, 2.45) is 7.05 Å². The highest BCUT2D eigenvalue weighted by Crippen LogP contribution is 2.02. The first kappa shape index (κ1) is 10.3. The predicted octanol–water partition coefficient (Wildman–Crippen LogP) is -0.223. The summed E-state index contributed by atoms with van der Waals surface area (Å²) in [5.74, 6) is -0.242. The number of nitrogens with zero attached hydrogens (tertiary/aromatic N) is 4. The lowest BCUT2D eigenvalue weighted by Gasteiger charge is -2.00. The van der Waals surface area contributed by atoms with Crippen LogP contribution in [0.15, 0.2) is 12.4 Å². The smallest absolute Gasteiger partial charge is 0.273 e. The fourth-order valence-corrected chi connectivity index (χ4v) is 1.27. The molecule has 7 heteroatoms. The van der Waals surface area contributed by atoms with Crippen LogP contribution in [0.3, 0.4) is 0 Å². The van der Waals surface area contributed by atoms with Crippen LogP contribution in [0.4, 0.5) is 0 Å². The largest absolute Gasteiger partial charge is 0.346 e. The number of aromatic nitrogens is 5. The zero-order valence-electron chi connectivity index (χ0n) is 9.06. The Morgan fingerprint density at radius 3 is 3.00 bits per heavy atom. The van der Waals surface area contributed by atoms with E-state index < -0.39 is 0 Å². The summed E-state index contributed by atoms with van der Waals surface area (Å²) < 4.78 is 1.48. The number of rotatable bonds is 3. The van der Waals surface area contributed by atoms with Gasteiger partial charge in [-0.2, -0.15) is 5.10 Å². The summed E-state index contributed by atoms with van der Waals surface area (Å²) in [6, 6.07) is 0. The molecule has 16 heavy (non-hydrogen) atoms. The number of carbonyl (C=O) groups excluding carboxylic acids is 1. The number of aryl methyl sites for hydroxylation is 2. The van der Waals surface area contributed by atoms with Crippen molar-refractivity contribution in [3.63, 3.8) is 0 Å². The summed E-state index contributed by atoms with van der Waals surface area (Å²) in [7, 11) is 1.71. The molecule has 84 valence electrons. The van der Waals surface area contributed by atoms with Gasteiger partial charge < -0.3 is 5.32 Å². The van der Waals surface area contributed by atoms with E-state index in [1.807, 2.05) is 6.92 Å². The van der Waals surface area contributed by atoms with Crippen molar-refractivity contribution < 1.29 is 4.79 Å². The first-order chi connectivity index (χ1) is 7.66. The molecule has 0 saturated heterocycles. The predicted molar refractivity (Wildman–Crippen MR) is 55.5 cm³/mol. The van der Waals surface area contributed by atoms with Crippen LogP contribution in [0.5, 0.6) is 0 Å². The van der Waals surface area contributed by atoms with Gasteiger partial charge in [0.05, 0.1) is 12.4 Å². The maximum Gasteiger partial charge on any atom is 0.273 e. The normalized spacial score (nSPS) is 10.4. The SMILES string of the molecule is Cc1[nH]ncc1CNC(=O)c1cn(C)nn1. The van der Waals surface area contributed by atoms with E-state index in [-0.39, 0.29) is 5.91 Å². The zero-order chi connectivity index (χ0) is 11.5. The van der Waals surface area contributed by atoms with E-state index in [1.54, 1.807) is 19.4 Å². The van der Waals surface area contributed by atoms with Gasteiger partial charge in [-0.3, -0.25) is 14.6 Å². The minimum absolute atomic E-state index is 0.242. The van der Waals surface area contributed by atoms with Crippen molar-refractivity contribution in [1.82, 2.24) is 30.5 Å². The monoisotopic (exact) mass is 220 g/mol. The average molecular weight is 220 g/mol. The molecule has 7 nitrogen and oxygen atoms in total. The third kappa shape index (κ3) is 2.08. The van der Waals surface area contributed by atoms with Gasteiger partial charge >= 0.3 is 0 Å². The van der Waals surface area contributed by atoms with Crippen molar-refractivity contribution in [1.29, 1.82) is 0 Å². The highest BCUT2D eigenvalue weighted by molar-refractivity contribution is 5.91. The van der Waals surface area contributed by atoms with Crippen LogP contribution < -0.4 is 5.32 Å². The molecule has 0 atom stereocenters. The molecule has 2 aromatic heterocycles. The lowest BCUT2D eigenvalue weighted by Crippen LogP contribution is -2.23. The summed E-state index contributed by atoms with van der Waals surface area (Å²) in [4.78, 5) is 11.6. The van der Waals surface area contributed by atoms with Gasteiger partial charge in [-0.05, 0) is 6.92 Å². The van der Waals surface area contributed by atoms with E-state index in [1.165, 1.54) is 4.68 Å². The number of nitrogens with one attached hydrogen (secondary N) is 2. The number of H-pyrrole nitrogens is 1. The van der Waals surface area contributed by atoms with Gasteiger partial charge in [0.25, 0.3) is 5.91 Å². The average Bonchev–Trinajstić information content (AvgIpc) is 2.84. The van der Waals surface area contributed by atoms with Gasteiger partial charge in [0.15, 0.2) is 5.69 Å². The van der Waals surface area contributed by atoms with Crippen molar-refractivity contribution in [3.05, 3.63) is 29.3 Å². The molecular formula is C9H12N6O. The summed E-state index contributed by atoms with van der Waals surface area (Å²) in [5.41, 5.74) is 2.21. The lowest BCUT2D eigenvalue weighted by atomic mass is 10.2. The second kappa shape index (κ2) is 4.13. The van der Waals surface area contributed by atoms with Crippen LogP contribution in [-0.2, 0) is 13.6 Å². The Hall–Kier alpha value is -2.18. The molecule has 1 amide bonds. The van der Waals surface area contributed by atoms with Crippen molar-refractivity contribution in [2.45, 2.75) is 13.5 Å². The standard InChI is InChI=1S/C9H12N6O/c1-6-7(4-11-12-6)3-10-9(16)8-5-15(2)14-13-8/h4-5H,3H2,1-2H3,(H,10,16)(H,11,12). The highest BCUT2D eigenvalue weighted by Gasteiger charge is 2.10. The molecule has 0 saturated carbocycles. The molecule has 0 aromatic carbocycles. The Labute approximate surface area is 91.9 Å². The van der Waals surface area contributed by atoms with Crippen molar-refractivity contribution >= 4 is 5.91 Å². The fraction of sp³-hybridized carbons (Fsp3) is 0.333. The highest BCUT2D eigenvalue weighted by atomic mass is 16.2. The van der Waals surface area contributed by atoms with E-state index in [9.17, 15) is 4.79 Å². The van der Waals surface area contributed by atoms with E-state index >= 15 is 0 Å². The second-order valence-corrected chi connectivity index (χ2v) is 3.48. The van der Waals surface area contributed by atoms with Crippen LogP contribution in [0, 0.1) is 6.92 Å². The summed E-state index contributed by atoms with van der Waals surface area (Å²) in [6.45, 7) is 2.33. The number of hydrogen-bond donors (Lipinski definition) is 2. The number of aromatic amines is 1. The van der Waals surface area contributed by atoms with E-state index in [4.69, 9.17) is 0 Å². The van der Waals surface area contributed by atoms with Crippen LogP contribution in [0.2, 0.25) is 0 Å². The van der Waals surface area contributed by atoms with Crippen LogP contribution in [0.25, 0.3) is 0 Å². The minimum Gasteiger partial charge on any atom is -0.346 e. The molecule has 0 spiro atoms. The van der Waals surface area contributed by atoms with Gasteiger partial charge in [-0.25, -0.2) is 0 Å². The third-order valence-electron chi connectivity index (χ3n) is 2.21. The van der Waals surface area contributed by atoms with Gasteiger partial charge in [0.1, 0.15) is 0 Å².